The number of fused-ring (bicyclic) bond motifs is 2. The Labute approximate surface area is 106 Å². The fourth-order valence-corrected chi connectivity index (χ4v) is 2.39. The minimum absolute atomic E-state index is 0.320. The summed E-state index contributed by atoms with van der Waals surface area (Å²) in [5.74, 6) is -0.719. The minimum atomic E-state index is -0.715. The number of hydrogen-bond donors (Lipinski definition) is 2. The second-order valence-corrected chi connectivity index (χ2v) is 5.87. The zero-order valence-electron chi connectivity index (χ0n) is 10.8. The Hall–Kier alpha value is -1.30. The summed E-state index contributed by atoms with van der Waals surface area (Å²) in [5.41, 5.74) is -0.587. The van der Waals surface area contributed by atoms with Gasteiger partial charge in [0.15, 0.2) is 0 Å². The van der Waals surface area contributed by atoms with Crippen molar-refractivity contribution in [2.24, 2.45) is 5.92 Å². The van der Waals surface area contributed by atoms with Crippen LogP contribution in [0.4, 0.5) is 4.79 Å². The summed E-state index contributed by atoms with van der Waals surface area (Å²) < 4.78 is 10.2. The SMILES string of the molecule is CC(C)(C)OC(=O)N[C@@H]1C[C@H](O)[C@@H]2C[C@H]1C(=O)O2. The molecule has 6 nitrogen and oxygen atoms in total. The van der Waals surface area contributed by atoms with E-state index in [0.717, 1.165) is 0 Å². The molecule has 1 aliphatic heterocycles. The number of nitrogens with one attached hydrogen (secondary N) is 1. The monoisotopic (exact) mass is 257 g/mol. The van der Waals surface area contributed by atoms with Crippen LogP contribution in [0, 0.1) is 5.92 Å². The molecule has 1 saturated heterocycles. The topological polar surface area (TPSA) is 84.9 Å². The van der Waals surface area contributed by atoms with Gasteiger partial charge in [-0.25, -0.2) is 4.79 Å². The molecule has 0 spiro atoms. The van der Waals surface area contributed by atoms with E-state index >= 15 is 0 Å². The fraction of sp³-hybridized carbons (Fsp3) is 0.833. The van der Waals surface area contributed by atoms with Gasteiger partial charge in [0.1, 0.15) is 11.7 Å². The molecule has 2 rings (SSSR count). The average molecular weight is 257 g/mol. The number of ether oxygens (including phenoxy) is 2. The standard InChI is InChI=1S/C12H19NO5/c1-12(2,3)18-11(16)13-7-5-8(14)9-4-6(7)10(15)17-9/h6-9,14H,4-5H2,1-3H3,(H,13,16)/t6-,7-,8+,9+/m1/s1. The van der Waals surface area contributed by atoms with Crippen LogP contribution in [0.15, 0.2) is 0 Å². The van der Waals surface area contributed by atoms with Crippen molar-refractivity contribution in [2.45, 2.75) is 57.5 Å². The summed E-state index contributed by atoms with van der Waals surface area (Å²) in [6, 6.07) is -0.416. The highest BCUT2D eigenvalue weighted by Gasteiger charge is 2.49. The Morgan fingerprint density at radius 3 is 2.72 bits per heavy atom. The van der Waals surface area contributed by atoms with E-state index in [1.807, 2.05) is 0 Å². The van der Waals surface area contributed by atoms with Crippen molar-refractivity contribution in [3.05, 3.63) is 0 Å². The molecule has 0 aromatic heterocycles. The number of hydrogen-bond acceptors (Lipinski definition) is 5. The normalized spacial score (nSPS) is 35.0. The quantitative estimate of drug-likeness (QED) is 0.671. The van der Waals surface area contributed by atoms with E-state index in [2.05, 4.69) is 5.32 Å². The number of carbonyl (C=O) groups is 2. The summed E-state index contributed by atoms with van der Waals surface area (Å²) in [5, 5.41) is 12.4. The third-order valence-electron chi connectivity index (χ3n) is 3.17. The average Bonchev–Trinajstić information content (AvgIpc) is 2.51. The summed E-state index contributed by atoms with van der Waals surface area (Å²) in [6.07, 6.45) is -0.925. The Kier molecular flexibility index (Phi) is 3.23. The molecule has 4 atom stereocenters. The molecule has 102 valence electrons. The maximum Gasteiger partial charge on any atom is 0.407 e. The summed E-state index contributed by atoms with van der Waals surface area (Å²) in [4.78, 5) is 23.2. The number of carbonyl (C=O) groups excluding carboxylic acids is 2. The van der Waals surface area contributed by atoms with E-state index in [4.69, 9.17) is 9.47 Å². The number of aliphatic hydroxyl groups is 1. The van der Waals surface area contributed by atoms with Gasteiger partial charge < -0.3 is 19.9 Å². The summed E-state index contributed by atoms with van der Waals surface area (Å²) >= 11 is 0. The molecule has 1 saturated carbocycles. The minimum Gasteiger partial charge on any atom is -0.459 e. The Morgan fingerprint density at radius 2 is 2.11 bits per heavy atom. The number of rotatable bonds is 1. The van der Waals surface area contributed by atoms with Crippen LogP contribution in [0.3, 0.4) is 0 Å². The van der Waals surface area contributed by atoms with Gasteiger partial charge in [-0.1, -0.05) is 0 Å². The lowest BCUT2D eigenvalue weighted by atomic mass is 9.84. The van der Waals surface area contributed by atoms with E-state index in [1.165, 1.54) is 0 Å². The second kappa shape index (κ2) is 4.42. The van der Waals surface area contributed by atoms with E-state index in [9.17, 15) is 14.7 Å². The van der Waals surface area contributed by atoms with Gasteiger partial charge in [-0.3, -0.25) is 4.79 Å². The molecule has 2 bridgehead atoms. The van der Waals surface area contributed by atoms with Gasteiger partial charge in [-0.2, -0.15) is 0 Å². The van der Waals surface area contributed by atoms with Crippen molar-refractivity contribution in [1.29, 1.82) is 0 Å². The zero-order valence-corrected chi connectivity index (χ0v) is 10.8. The lowest BCUT2D eigenvalue weighted by Crippen LogP contribution is -2.48. The first-order chi connectivity index (χ1) is 8.26. The highest BCUT2D eigenvalue weighted by Crippen LogP contribution is 2.34. The highest BCUT2D eigenvalue weighted by molar-refractivity contribution is 5.77. The Bertz CT molecular complexity index is 362. The number of amides is 1. The van der Waals surface area contributed by atoms with Crippen LogP contribution < -0.4 is 5.32 Å². The van der Waals surface area contributed by atoms with Crippen LogP contribution in [-0.4, -0.2) is 41.0 Å². The van der Waals surface area contributed by atoms with Crippen LogP contribution in [0.2, 0.25) is 0 Å². The lowest BCUT2D eigenvalue weighted by molar-refractivity contribution is -0.145. The van der Waals surface area contributed by atoms with Crippen LogP contribution >= 0.6 is 0 Å². The van der Waals surface area contributed by atoms with Gasteiger partial charge in [0.05, 0.1) is 12.0 Å². The number of alkyl carbamates (subject to hydrolysis) is 1. The molecule has 1 amide bonds. The van der Waals surface area contributed by atoms with E-state index < -0.39 is 29.9 Å². The van der Waals surface area contributed by atoms with Gasteiger partial charge in [0.2, 0.25) is 0 Å². The second-order valence-electron chi connectivity index (χ2n) is 5.87. The van der Waals surface area contributed by atoms with Gasteiger partial charge >= 0.3 is 12.1 Å². The molecule has 2 aliphatic rings. The van der Waals surface area contributed by atoms with Gasteiger partial charge in [-0.05, 0) is 27.2 Å². The number of aliphatic hydroxyl groups excluding tert-OH is 1. The molecular formula is C12H19NO5. The molecule has 1 heterocycles. The molecule has 6 heteroatoms. The van der Waals surface area contributed by atoms with Gasteiger partial charge in [0, 0.05) is 12.5 Å². The smallest absolute Gasteiger partial charge is 0.407 e. The predicted octanol–water partition coefficient (Wildman–Crippen LogP) is 0.576. The molecule has 0 aromatic rings. The van der Waals surface area contributed by atoms with Crippen molar-refractivity contribution in [2.75, 3.05) is 0 Å². The van der Waals surface area contributed by atoms with Gasteiger partial charge in [-0.15, -0.1) is 0 Å². The molecule has 0 aromatic carbocycles. The van der Waals surface area contributed by atoms with Gasteiger partial charge in [0.25, 0.3) is 0 Å². The third-order valence-corrected chi connectivity index (χ3v) is 3.17. The van der Waals surface area contributed by atoms with Crippen LogP contribution in [0.25, 0.3) is 0 Å². The molecule has 2 N–H and O–H groups in total. The summed E-state index contributed by atoms with van der Waals surface area (Å²) in [6.45, 7) is 5.30. The largest absolute Gasteiger partial charge is 0.459 e. The van der Waals surface area contributed by atoms with Crippen molar-refractivity contribution in [3.8, 4) is 0 Å². The van der Waals surface area contributed by atoms with E-state index in [0.29, 0.717) is 12.8 Å². The van der Waals surface area contributed by atoms with Crippen molar-refractivity contribution >= 4 is 12.1 Å². The Balaban J connectivity index is 1.97. The molecule has 2 fully saturated rings. The highest BCUT2D eigenvalue weighted by atomic mass is 16.6. The fourth-order valence-electron chi connectivity index (χ4n) is 2.39. The molecule has 1 aliphatic carbocycles. The van der Waals surface area contributed by atoms with Crippen molar-refractivity contribution in [1.82, 2.24) is 5.32 Å². The van der Waals surface area contributed by atoms with E-state index in [1.54, 1.807) is 20.8 Å². The first-order valence-corrected chi connectivity index (χ1v) is 6.14. The molecule has 0 unspecified atom stereocenters. The predicted molar refractivity (Wildman–Crippen MR) is 61.8 cm³/mol. The molecular weight excluding hydrogens is 238 g/mol. The van der Waals surface area contributed by atoms with E-state index in [-0.39, 0.29) is 11.9 Å². The number of esters is 1. The Morgan fingerprint density at radius 1 is 1.44 bits per heavy atom. The van der Waals surface area contributed by atoms with Crippen LogP contribution in [0.1, 0.15) is 33.6 Å². The lowest BCUT2D eigenvalue weighted by Gasteiger charge is -2.30. The first kappa shape index (κ1) is 13.1. The maximum atomic E-state index is 11.6. The maximum absolute atomic E-state index is 11.6. The third kappa shape index (κ3) is 2.75. The van der Waals surface area contributed by atoms with Crippen LogP contribution in [-0.2, 0) is 14.3 Å². The van der Waals surface area contributed by atoms with Crippen LogP contribution in [0.5, 0.6) is 0 Å². The van der Waals surface area contributed by atoms with Crippen molar-refractivity contribution < 1.29 is 24.2 Å². The molecule has 0 radical (unpaired) electrons. The zero-order chi connectivity index (χ0) is 13.5. The van der Waals surface area contributed by atoms with Crippen molar-refractivity contribution in [3.63, 3.8) is 0 Å². The molecule has 18 heavy (non-hydrogen) atoms. The first-order valence-electron chi connectivity index (χ1n) is 6.14. The summed E-state index contributed by atoms with van der Waals surface area (Å²) in [7, 11) is 0.